The summed E-state index contributed by atoms with van der Waals surface area (Å²) in [4.78, 5) is 12.2. The van der Waals surface area contributed by atoms with Crippen LogP contribution in [-0.2, 0) is 0 Å². The second-order valence-corrected chi connectivity index (χ2v) is 5.06. The Balaban J connectivity index is 1.80. The maximum Gasteiger partial charge on any atom is 0.305 e. The molecule has 0 saturated heterocycles. The van der Waals surface area contributed by atoms with Gasteiger partial charge in [-0.25, -0.2) is 0 Å². The molecule has 0 fully saturated rings. The number of halogens is 1. The van der Waals surface area contributed by atoms with Crippen molar-refractivity contribution in [2.24, 2.45) is 0 Å². The first-order valence-corrected chi connectivity index (χ1v) is 6.80. The summed E-state index contributed by atoms with van der Waals surface area (Å²) >= 11 is 5.92. The van der Waals surface area contributed by atoms with Crippen molar-refractivity contribution in [1.82, 2.24) is 5.43 Å². The topological polar surface area (TPSA) is 45.5 Å². The number of furan rings is 1. The summed E-state index contributed by atoms with van der Waals surface area (Å²) in [7, 11) is 1.77. The van der Waals surface area contributed by atoms with Gasteiger partial charge in [-0.3, -0.25) is 15.2 Å². The van der Waals surface area contributed by atoms with Crippen LogP contribution in [0.5, 0.6) is 0 Å². The van der Waals surface area contributed by atoms with Gasteiger partial charge >= 0.3 is 5.91 Å². The standard InChI is InChI=1S/C16H13ClN2O2/c1-19(13-5-3-2-4-6-13)18-16(20)15-10-11-9-12(17)7-8-14(11)21-15/h2-10H,1H3,(H,18,20). The molecular weight excluding hydrogens is 288 g/mol. The highest BCUT2D eigenvalue weighted by Crippen LogP contribution is 2.23. The number of hydrogen-bond acceptors (Lipinski definition) is 3. The van der Waals surface area contributed by atoms with Crippen LogP contribution in [0.1, 0.15) is 10.6 Å². The van der Waals surface area contributed by atoms with Crippen LogP contribution in [0, 0.1) is 0 Å². The lowest BCUT2D eigenvalue weighted by Crippen LogP contribution is -2.39. The van der Waals surface area contributed by atoms with Gasteiger partial charge in [0.1, 0.15) is 5.58 Å². The summed E-state index contributed by atoms with van der Waals surface area (Å²) in [5, 5.41) is 3.05. The number of rotatable bonds is 3. The first kappa shape index (κ1) is 13.5. The number of hydrogen-bond donors (Lipinski definition) is 1. The molecule has 21 heavy (non-hydrogen) atoms. The van der Waals surface area contributed by atoms with E-state index >= 15 is 0 Å². The number of nitrogens with zero attached hydrogens (tertiary/aromatic N) is 1. The van der Waals surface area contributed by atoms with E-state index in [4.69, 9.17) is 16.0 Å². The van der Waals surface area contributed by atoms with Crippen molar-refractivity contribution < 1.29 is 9.21 Å². The van der Waals surface area contributed by atoms with Crippen LogP contribution in [0.25, 0.3) is 11.0 Å². The van der Waals surface area contributed by atoms with E-state index in [1.165, 1.54) is 0 Å². The van der Waals surface area contributed by atoms with Crippen LogP contribution in [0.3, 0.4) is 0 Å². The Kier molecular flexibility index (Phi) is 3.54. The summed E-state index contributed by atoms with van der Waals surface area (Å²) < 4.78 is 5.52. The Labute approximate surface area is 126 Å². The van der Waals surface area contributed by atoms with Gasteiger partial charge in [0.25, 0.3) is 0 Å². The predicted octanol–water partition coefficient (Wildman–Crippen LogP) is 3.87. The van der Waals surface area contributed by atoms with Crippen LogP contribution >= 0.6 is 11.6 Å². The van der Waals surface area contributed by atoms with Crippen LogP contribution < -0.4 is 10.4 Å². The maximum atomic E-state index is 12.2. The van der Waals surface area contributed by atoms with E-state index in [1.807, 2.05) is 30.3 Å². The third-order valence-electron chi connectivity index (χ3n) is 3.11. The fraction of sp³-hybridized carbons (Fsp3) is 0.0625. The molecule has 0 radical (unpaired) electrons. The van der Waals surface area contributed by atoms with Gasteiger partial charge in [0.15, 0.2) is 5.76 Å². The van der Waals surface area contributed by atoms with E-state index < -0.39 is 0 Å². The molecule has 4 nitrogen and oxygen atoms in total. The Morgan fingerprint density at radius 3 is 2.67 bits per heavy atom. The van der Waals surface area contributed by atoms with Crippen molar-refractivity contribution in [1.29, 1.82) is 0 Å². The average molecular weight is 301 g/mol. The minimum atomic E-state index is -0.311. The molecule has 2 aromatic carbocycles. The molecule has 3 rings (SSSR count). The Bertz CT molecular complexity index is 783. The minimum Gasteiger partial charge on any atom is -0.451 e. The molecule has 106 valence electrons. The predicted molar refractivity (Wildman–Crippen MR) is 83.5 cm³/mol. The molecule has 0 saturated carbocycles. The molecule has 0 unspecified atom stereocenters. The number of anilines is 1. The number of hydrazine groups is 1. The Morgan fingerprint density at radius 2 is 1.90 bits per heavy atom. The van der Waals surface area contributed by atoms with Crippen molar-refractivity contribution in [2.45, 2.75) is 0 Å². The quantitative estimate of drug-likeness (QED) is 0.747. The van der Waals surface area contributed by atoms with Crippen LogP contribution in [0.4, 0.5) is 5.69 Å². The maximum absolute atomic E-state index is 12.2. The van der Waals surface area contributed by atoms with Gasteiger partial charge in [0.2, 0.25) is 0 Å². The van der Waals surface area contributed by atoms with Crippen LogP contribution in [-0.4, -0.2) is 13.0 Å². The first-order chi connectivity index (χ1) is 10.1. The van der Waals surface area contributed by atoms with Crippen LogP contribution in [0.15, 0.2) is 59.0 Å². The third-order valence-corrected chi connectivity index (χ3v) is 3.35. The smallest absolute Gasteiger partial charge is 0.305 e. The van der Waals surface area contributed by atoms with Gasteiger partial charge in [0, 0.05) is 17.5 Å². The number of carbonyl (C=O) groups excluding carboxylic acids is 1. The molecule has 1 aromatic heterocycles. The minimum absolute atomic E-state index is 0.245. The normalized spacial score (nSPS) is 10.6. The second-order valence-electron chi connectivity index (χ2n) is 4.63. The number of fused-ring (bicyclic) bond motifs is 1. The summed E-state index contributed by atoms with van der Waals surface area (Å²) in [6.07, 6.45) is 0. The molecule has 0 bridgehead atoms. The van der Waals surface area contributed by atoms with E-state index in [1.54, 1.807) is 36.3 Å². The number of benzene rings is 2. The third kappa shape index (κ3) is 2.85. The molecule has 3 aromatic rings. The highest BCUT2D eigenvalue weighted by molar-refractivity contribution is 6.31. The molecule has 1 amide bonds. The largest absolute Gasteiger partial charge is 0.451 e. The fourth-order valence-corrected chi connectivity index (χ4v) is 2.23. The number of nitrogens with one attached hydrogen (secondary N) is 1. The first-order valence-electron chi connectivity index (χ1n) is 6.42. The van der Waals surface area contributed by atoms with Crippen molar-refractivity contribution in [3.8, 4) is 0 Å². The lowest BCUT2D eigenvalue weighted by atomic mass is 10.2. The Morgan fingerprint density at radius 1 is 1.14 bits per heavy atom. The molecule has 5 heteroatoms. The second kappa shape index (κ2) is 5.50. The number of amides is 1. The molecule has 0 aliphatic heterocycles. The monoisotopic (exact) mass is 300 g/mol. The molecule has 1 heterocycles. The summed E-state index contributed by atoms with van der Waals surface area (Å²) in [5.41, 5.74) is 4.27. The van der Waals surface area contributed by atoms with Crippen molar-refractivity contribution >= 4 is 34.2 Å². The van der Waals surface area contributed by atoms with E-state index in [0.29, 0.717) is 10.6 Å². The zero-order valence-electron chi connectivity index (χ0n) is 11.3. The number of carbonyl (C=O) groups is 1. The summed E-state index contributed by atoms with van der Waals surface area (Å²) in [6, 6.07) is 16.4. The molecule has 0 aliphatic rings. The van der Waals surface area contributed by atoms with Gasteiger partial charge in [0.05, 0.1) is 5.69 Å². The van der Waals surface area contributed by atoms with Crippen molar-refractivity contribution in [2.75, 3.05) is 12.1 Å². The zero-order chi connectivity index (χ0) is 14.8. The zero-order valence-corrected chi connectivity index (χ0v) is 12.1. The van der Waals surface area contributed by atoms with Crippen LogP contribution in [0.2, 0.25) is 5.02 Å². The van der Waals surface area contributed by atoms with Crippen molar-refractivity contribution in [3.05, 3.63) is 65.4 Å². The number of para-hydroxylation sites is 1. The van der Waals surface area contributed by atoms with Gasteiger partial charge < -0.3 is 4.42 Å². The van der Waals surface area contributed by atoms with Gasteiger partial charge in [-0.1, -0.05) is 29.8 Å². The average Bonchev–Trinajstić information content (AvgIpc) is 2.91. The van der Waals surface area contributed by atoms with Crippen molar-refractivity contribution in [3.63, 3.8) is 0 Å². The highest BCUT2D eigenvalue weighted by Gasteiger charge is 2.14. The molecule has 0 atom stereocenters. The molecular formula is C16H13ClN2O2. The lowest BCUT2D eigenvalue weighted by molar-refractivity contribution is 0.0926. The van der Waals surface area contributed by atoms with E-state index in [-0.39, 0.29) is 11.7 Å². The van der Waals surface area contributed by atoms with E-state index in [2.05, 4.69) is 5.43 Å². The lowest BCUT2D eigenvalue weighted by Gasteiger charge is -2.19. The summed E-state index contributed by atoms with van der Waals surface area (Å²) in [5.74, 6) is -0.0660. The molecule has 0 aliphatic carbocycles. The SMILES string of the molecule is CN(NC(=O)c1cc2cc(Cl)ccc2o1)c1ccccc1. The Hall–Kier alpha value is -2.46. The van der Waals surface area contributed by atoms with Gasteiger partial charge in [-0.15, -0.1) is 0 Å². The highest BCUT2D eigenvalue weighted by atomic mass is 35.5. The molecule has 0 spiro atoms. The fourth-order valence-electron chi connectivity index (χ4n) is 2.05. The van der Waals surface area contributed by atoms with E-state index in [9.17, 15) is 4.79 Å². The van der Waals surface area contributed by atoms with Gasteiger partial charge in [-0.2, -0.15) is 0 Å². The molecule has 1 N–H and O–H groups in total. The van der Waals surface area contributed by atoms with E-state index in [0.717, 1.165) is 11.1 Å². The van der Waals surface area contributed by atoms with Gasteiger partial charge in [-0.05, 0) is 36.4 Å². The summed E-state index contributed by atoms with van der Waals surface area (Å²) in [6.45, 7) is 0.